The van der Waals surface area contributed by atoms with E-state index in [4.69, 9.17) is 0 Å². The number of phenolic OH excluding ortho intramolecular Hbond substituents is 1. The van der Waals surface area contributed by atoms with Crippen molar-refractivity contribution < 1.29 is 5.11 Å². The fraction of sp³-hybridized carbons (Fsp3) is 0.659. The molecule has 4 heteroatoms. The van der Waals surface area contributed by atoms with Crippen LogP contribution in [0.2, 0.25) is 0 Å². The Balaban J connectivity index is 1.21. The fourth-order valence-corrected chi connectivity index (χ4v) is 15.2. The minimum Gasteiger partial charge on any atom is -0.508 e. The molecule has 8 rings (SSSR count). The molecule has 3 saturated carbocycles. The maximum absolute atomic E-state index is 11.1. The van der Waals surface area contributed by atoms with Gasteiger partial charge in [-0.15, -0.1) is 0 Å². The van der Waals surface area contributed by atoms with E-state index in [1.165, 1.54) is 105 Å². The maximum Gasteiger partial charge on any atom is 0.116 e. The summed E-state index contributed by atoms with van der Waals surface area (Å²) in [7, 11) is 4.41. The van der Waals surface area contributed by atoms with E-state index in [-0.39, 0.29) is 5.54 Å². The van der Waals surface area contributed by atoms with Gasteiger partial charge < -0.3 is 10.4 Å². The van der Waals surface area contributed by atoms with Crippen LogP contribution in [0.3, 0.4) is 0 Å². The molecule has 2 aliphatic heterocycles. The number of hydrogen-bond acceptors (Lipinski definition) is 4. The first-order chi connectivity index (χ1) is 21.8. The summed E-state index contributed by atoms with van der Waals surface area (Å²) in [6.07, 6.45) is 24.3. The van der Waals surface area contributed by atoms with Crippen molar-refractivity contribution in [3.8, 4) is 5.75 Å². The third-order valence-electron chi connectivity index (χ3n) is 13.6. The number of aromatic hydroxyl groups is 1. The molecular formula is C41H55NOS2. The van der Waals surface area contributed by atoms with Crippen molar-refractivity contribution >= 4 is 21.6 Å². The molecule has 8 unspecified atom stereocenters. The Bertz CT molecular complexity index is 1410. The highest BCUT2D eigenvalue weighted by atomic mass is 33.1. The average Bonchev–Trinajstić information content (AvgIpc) is 3.35. The Morgan fingerprint density at radius 2 is 1.76 bits per heavy atom. The lowest BCUT2D eigenvalue weighted by Crippen LogP contribution is -2.53. The van der Waals surface area contributed by atoms with Crippen LogP contribution >= 0.6 is 21.6 Å². The zero-order chi connectivity index (χ0) is 30.6. The molecule has 2 nitrogen and oxygen atoms in total. The summed E-state index contributed by atoms with van der Waals surface area (Å²) < 4.78 is 0. The molecule has 0 radical (unpaired) electrons. The second-order valence-electron chi connectivity index (χ2n) is 17.0. The molecule has 6 bridgehead atoms. The monoisotopic (exact) mass is 641 g/mol. The Labute approximate surface area is 280 Å². The standard InChI is InChI=1S/C41H55NOS2/c1-28-8-7-14-41(23-28)26-40(12-5-6-13-40)24-36-33-18-30-16-29(19-35(43)20-30)17-31-9-3-4-10-32(31)25-42-39(2)15-11-38(45-44-27-39)34(21-33)22-37(36)41/h3-4,7,9-10,14,16,19-20,28,33-34,36-38,42-43H,5-6,8,11-13,15,17-18,21-27H2,1-2H3. The molecule has 45 heavy (non-hydrogen) atoms. The van der Waals surface area contributed by atoms with E-state index in [1.54, 1.807) is 0 Å². The highest BCUT2D eigenvalue weighted by Gasteiger charge is 2.58. The first kappa shape index (κ1) is 30.9. The van der Waals surface area contributed by atoms with Crippen LogP contribution in [0.5, 0.6) is 5.75 Å². The SMILES string of the molecule is CC1CC=CC2(C1)CC1(CCCC1)CC1C3Cc4cc(O)cc(c4)Cc4ccccc4CNC4(C)CCC(SSC4)C(C3)CC12. The van der Waals surface area contributed by atoms with Gasteiger partial charge in [0.25, 0.3) is 0 Å². The minimum atomic E-state index is 0.161. The smallest absolute Gasteiger partial charge is 0.116 e. The second-order valence-corrected chi connectivity index (χ2v) is 19.6. The largest absolute Gasteiger partial charge is 0.508 e. The van der Waals surface area contributed by atoms with E-state index < -0.39 is 0 Å². The molecule has 0 amide bonds. The predicted octanol–water partition coefficient (Wildman–Crippen LogP) is 10.5. The number of benzene rings is 2. The van der Waals surface area contributed by atoms with E-state index in [1.807, 2.05) is 6.07 Å². The summed E-state index contributed by atoms with van der Waals surface area (Å²) in [6.45, 7) is 5.94. The normalized spacial score (nSPS) is 39.3. The summed E-state index contributed by atoms with van der Waals surface area (Å²) in [5.41, 5.74) is 6.56. The van der Waals surface area contributed by atoms with Gasteiger partial charge in [-0.05, 0) is 159 Å². The van der Waals surface area contributed by atoms with Gasteiger partial charge in [-0.1, -0.05) is 83.8 Å². The molecule has 2 aromatic rings. The van der Waals surface area contributed by atoms with Crippen molar-refractivity contribution in [3.63, 3.8) is 0 Å². The van der Waals surface area contributed by atoms with Crippen LogP contribution in [0.1, 0.15) is 113 Å². The van der Waals surface area contributed by atoms with Crippen molar-refractivity contribution in [2.75, 3.05) is 5.75 Å². The number of phenols is 1. The number of allylic oxidation sites excluding steroid dienone is 2. The number of fused-ring (bicyclic) bond motifs is 12. The van der Waals surface area contributed by atoms with Crippen molar-refractivity contribution in [1.82, 2.24) is 5.32 Å². The average molecular weight is 642 g/mol. The summed E-state index contributed by atoms with van der Waals surface area (Å²) >= 11 is 0. The third-order valence-corrected chi connectivity index (χ3v) is 16.9. The summed E-state index contributed by atoms with van der Waals surface area (Å²) in [5, 5.41) is 15.9. The molecule has 1 saturated heterocycles. The van der Waals surface area contributed by atoms with Crippen LogP contribution in [0.25, 0.3) is 0 Å². The van der Waals surface area contributed by atoms with Crippen molar-refractivity contribution in [1.29, 1.82) is 0 Å². The highest BCUT2D eigenvalue weighted by Crippen LogP contribution is 2.67. The van der Waals surface area contributed by atoms with Gasteiger partial charge in [0.05, 0.1) is 0 Å². The second kappa shape index (κ2) is 12.3. The molecule has 2 aromatic carbocycles. The number of rotatable bonds is 0. The van der Waals surface area contributed by atoms with E-state index in [0.717, 1.165) is 48.3 Å². The number of hydrogen-bond donors (Lipinski definition) is 2. The van der Waals surface area contributed by atoms with E-state index in [9.17, 15) is 5.11 Å². The van der Waals surface area contributed by atoms with Gasteiger partial charge in [-0.2, -0.15) is 0 Å². The molecule has 2 heterocycles. The Morgan fingerprint density at radius 1 is 0.933 bits per heavy atom. The lowest BCUT2D eigenvalue weighted by Gasteiger charge is -2.61. The predicted molar refractivity (Wildman–Crippen MR) is 193 cm³/mol. The zero-order valence-corrected chi connectivity index (χ0v) is 29.4. The summed E-state index contributed by atoms with van der Waals surface area (Å²) in [6, 6.07) is 15.6. The lowest BCUT2D eigenvalue weighted by molar-refractivity contribution is -0.0838. The van der Waals surface area contributed by atoms with Crippen LogP contribution < -0.4 is 5.32 Å². The summed E-state index contributed by atoms with van der Waals surface area (Å²) in [5.74, 6) is 5.57. The van der Waals surface area contributed by atoms with Gasteiger partial charge in [-0.25, -0.2) is 0 Å². The Morgan fingerprint density at radius 3 is 2.60 bits per heavy atom. The van der Waals surface area contributed by atoms with Crippen LogP contribution in [0.4, 0.5) is 0 Å². The molecule has 6 aliphatic rings. The van der Waals surface area contributed by atoms with Gasteiger partial charge >= 0.3 is 0 Å². The zero-order valence-electron chi connectivity index (χ0n) is 27.7. The van der Waals surface area contributed by atoms with Gasteiger partial charge in [0.1, 0.15) is 5.75 Å². The number of nitrogens with one attached hydrogen (secondary N) is 1. The third kappa shape index (κ3) is 6.19. The highest BCUT2D eigenvalue weighted by molar-refractivity contribution is 8.77. The van der Waals surface area contributed by atoms with Gasteiger partial charge in [0, 0.05) is 23.1 Å². The lowest BCUT2D eigenvalue weighted by atomic mass is 9.44. The molecule has 4 aliphatic carbocycles. The Kier molecular flexibility index (Phi) is 8.43. The van der Waals surface area contributed by atoms with Gasteiger partial charge in [-0.3, -0.25) is 0 Å². The van der Waals surface area contributed by atoms with Gasteiger partial charge in [0.15, 0.2) is 0 Å². The minimum absolute atomic E-state index is 0.161. The molecule has 2 N–H and O–H groups in total. The van der Waals surface area contributed by atoms with Gasteiger partial charge in [0.2, 0.25) is 0 Å². The van der Waals surface area contributed by atoms with E-state index in [2.05, 4.69) is 89.3 Å². The van der Waals surface area contributed by atoms with E-state index >= 15 is 0 Å². The quantitative estimate of drug-likeness (QED) is 0.221. The van der Waals surface area contributed by atoms with Crippen LogP contribution in [-0.4, -0.2) is 21.6 Å². The molecule has 2 spiro atoms. The first-order valence-electron chi connectivity index (χ1n) is 18.4. The fourth-order valence-electron chi connectivity index (χ4n) is 11.6. The molecular weight excluding hydrogens is 587 g/mol. The van der Waals surface area contributed by atoms with Crippen molar-refractivity contribution in [3.05, 3.63) is 76.9 Å². The molecule has 8 atom stereocenters. The van der Waals surface area contributed by atoms with Crippen LogP contribution in [0.15, 0.2) is 54.6 Å². The van der Waals surface area contributed by atoms with Crippen molar-refractivity contribution in [2.45, 2.75) is 121 Å². The first-order valence-corrected chi connectivity index (χ1v) is 20.8. The van der Waals surface area contributed by atoms with Crippen LogP contribution in [-0.2, 0) is 19.4 Å². The molecule has 4 fully saturated rings. The van der Waals surface area contributed by atoms with Crippen molar-refractivity contribution in [2.24, 2.45) is 40.4 Å². The molecule has 0 aromatic heterocycles. The van der Waals surface area contributed by atoms with Crippen LogP contribution in [0, 0.1) is 40.4 Å². The molecule has 242 valence electrons. The Hall–Kier alpha value is -1.36. The summed E-state index contributed by atoms with van der Waals surface area (Å²) in [4.78, 5) is 0. The maximum atomic E-state index is 11.1. The van der Waals surface area contributed by atoms with E-state index in [0.29, 0.717) is 22.5 Å². The topological polar surface area (TPSA) is 32.3 Å².